The molecule has 0 saturated carbocycles. The largest absolute Gasteiger partial charge is 0.474 e. The first-order valence-electron chi connectivity index (χ1n) is 3.90. The second-order valence-electron chi connectivity index (χ2n) is 2.55. The van der Waals surface area contributed by atoms with Gasteiger partial charge in [0.15, 0.2) is 0 Å². The van der Waals surface area contributed by atoms with Gasteiger partial charge in [0.25, 0.3) is 5.17 Å². The monoisotopic (exact) mass is 249 g/mol. The van der Waals surface area contributed by atoms with Crippen LogP contribution in [0.3, 0.4) is 0 Å². The second kappa shape index (κ2) is 5.39. The summed E-state index contributed by atoms with van der Waals surface area (Å²) in [5.74, 6) is 0. The standard InChI is InChI=1S/C9H9Cl2NOS/c1-13-9(14)12-5-6-7(10)3-2-4-8(6)11/h2-4H,5H2,1H3,(H,12,14). The van der Waals surface area contributed by atoms with Gasteiger partial charge < -0.3 is 10.1 Å². The number of halogens is 2. The summed E-state index contributed by atoms with van der Waals surface area (Å²) in [7, 11) is 1.50. The molecule has 0 aromatic heterocycles. The topological polar surface area (TPSA) is 21.3 Å². The molecule has 0 spiro atoms. The molecule has 0 atom stereocenters. The van der Waals surface area contributed by atoms with Crippen molar-refractivity contribution in [1.82, 2.24) is 5.32 Å². The zero-order chi connectivity index (χ0) is 10.6. The number of methoxy groups -OCH3 is 1. The lowest BCUT2D eigenvalue weighted by molar-refractivity contribution is 0.392. The van der Waals surface area contributed by atoms with E-state index in [0.29, 0.717) is 21.8 Å². The van der Waals surface area contributed by atoms with Crippen molar-refractivity contribution in [2.45, 2.75) is 6.54 Å². The molecule has 1 N–H and O–H groups in total. The van der Waals surface area contributed by atoms with Crippen molar-refractivity contribution in [1.29, 1.82) is 0 Å². The van der Waals surface area contributed by atoms with Crippen LogP contribution in [0, 0.1) is 0 Å². The van der Waals surface area contributed by atoms with Crippen molar-refractivity contribution >= 4 is 40.6 Å². The number of ether oxygens (including phenoxy) is 1. The van der Waals surface area contributed by atoms with Crippen LogP contribution in [0.25, 0.3) is 0 Å². The SMILES string of the molecule is COC(=S)NCc1c(Cl)cccc1Cl. The Hall–Kier alpha value is -0.510. The third kappa shape index (κ3) is 3.01. The zero-order valence-corrected chi connectivity index (χ0v) is 9.84. The first kappa shape index (κ1) is 11.6. The summed E-state index contributed by atoms with van der Waals surface area (Å²) >= 11 is 16.7. The summed E-state index contributed by atoms with van der Waals surface area (Å²) in [6.45, 7) is 0.463. The summed E-state index contributed by atoms with van der Waals surface area (Å²) < 4.78 is 4.79. The van der Waals surface area contributed by atoms with Crippen LogP contribution in [0.2, 0.25) is 10.0 Å². The van der Waals surface area contributed by atoms with Crippen LogP contribution in [-0.4, -0.2) is 12.3 Å². The maximum absolute atomic E-state index is 5.95. The molecule has 1 aromatic rings. The fourth-order valence-corrected chi connectivity index (χ4v) is 1.54. The summed E-state index contributed by atoms with van der Waals surface area (Å²) in [5, 5.41) is 4.42. The quantitative estimate of drug-likeness (QED) is 0.815. The Morgan fingerprint density at radius 3 is 2.50 bits per heavy atom. The Labute approximate surface area is 98.2 Å². The van der Waals surface area contributed by atoms with Gasteiger partial charge >= 0.3 is 0 Å². The van der Waals surface area contributed by atoms with Gasteiger partial charge in [0, 0.05) is 22.2 Å². The summed E-state index contributed by atoms with van der Waals surface area (Å²) in [6, 6.07) is 5.35. The molecule has 0 amide bonds. The number of hydrogen-bond acceptors (Lipinski definition) is 2. The minimum absolute atomic E-state index is 0.320. The van der Waals surface area contributed by atoms with Crippen molar-refractivity contribution in [3.05, 3.63) is 33.8 Å². The van der Waals surface area contributed by atoms with Crippen LogP contribution in [-0.2, 0) is 11.3 Å². The van der Waals surface area contributed by atoms with E-state index >= 15 is 0 Å². The molecule has 0 bridgehead atoms. The Kier molecular flexibility index (Phi) is 4.45. The van der Waals surface area contributed by atoms with Crippen molar-refractivity contribution in [2.75, 3.05) is 7.11 Å². The summed E-state index contributed by atoms with van der Waals surface area (Å²) in [4.78, 5) is 0. The third-order valence-corrected chi connectivity index (χ3v) is 2.68. The summed E-state index contributed by atoms with van der Waals surface area (Å²) in [6.07, 6.45) is 0. The van der Waals surface area contributed by atoms with Crippen LogP contribution in [0.4, 0.5) is 0 Å². The zero-order valence-electron chi connectivity index (χ0n) is 7.51. The first-order chi connectivity index (χ1) is 6.65. The maximum atomic E-state index is 5.95. The third-order valence-electron chi connectivity index (χ3n) is 1.66. The first-order valence-corrected chi connectivity index (χ1v) is 5.06. The second-order valence-corrected chi connectivity index (χ2v) is 3.73. The Balaban J connectivity index is 2.71. The number of hydrogen-bond donors (Lipinski definition) is 1. The van der Waals surface area contributed by atoms with Crippen LogP contribution < -0.4 is 5.32 Å². The highest BCUT2D eigenvalue weighted by Crippen LogP contribution is 2.23. The van der Waals surface area contributed by atoms with Crippen molar-refractivity contribution in [2.24, 2.45) is 0 Å². The van der Waals surface area contributed by atoms with Crippen LogP contribution in [0.1, 0.15) is 5.56 Å². The van der Waals surface area contributed by atoms with E-state index in [4.69, 9.17) is 40.2 Å². The number of benzene rings is 1. The van der Waals surface area contributed by atoms with Gasteiger partial charge in [0.2, 0.25) is 0 Å². The average Bonchev–Trinajstić information content (AvgIpc) is 2.16. The minimum atomic E-state index is 0.320. The lowest BCUT2D eigenvalue weighted by atomic mass is 10.2. The molecule has 0 aliphatic rings. The van der Waals surface area contributed by atoms with E-state index in [-0.39, 0.29) is 0 Å². The Morgan fingerprint density at radius 2 is 2.00 bits per heavy atom. The number of thiocarbonyl (C=S) groups is 1. The van der Waals surface area contributed by atoms with Crippen LogP contribution in [0.5, 0.6) is 0 Å². The van der Waals surface area contributed by atoms with Gasteiger partial charge in [-0.15, -0.1) is 0 Å². The molecule has 0 fully saturated rings. The average molecular weight is 250 g/mol. The van der Waals surface area contributed by atoms with E-state index in [2.05, 4.69) is 5.32 Å². The smallest absolute Gasteiger partial charge is 0.256 e. The van der Waals surface area contributed by atoms with Gasteiger partial charge in [0.1, 0.15) is 0 Å². The predicted molar refractivity (Wildman–Crippen MR) is 62.9 cm³/mol. The van der Waals surface area contributed by atoms with E-state index in [0.717, 1.165) is 5.56 Å². The molecular weight excluding hydrogens is 241 g/mol. The predicted octanol–water partition coefficient (Wildman–Crippen LogP) is 3.01. The lowest BCUT2D eigenvalue weighted by Gasteiger charge is -2.09. The molecule has 0 aliphatic carbocycles. The van der Waals surface area contributed by atoms with Gasteiger partial charge in [0.05, 0.1) is 7.11 Å². The van der Waals surface area contributed by atoms with E-state index in [9.17, 15) is 0 Å². The molecule has 76 valence electrons. The van der Waals surface area contributed by atoms with E-state index < -0.39 is 0 Å². The molecule has 0 heterocycles. The fourth-order valence-electron chi connectivity index (χ4n) is 0.934. The van der Waals surface area contributed by atoms with Gasteiger partial charge in [-0.25, -0.2) is 0 Å². The van der Waals surface area contributed by atoms with Crippen LogP contribution in [0.15, 0.2) is 18.2 Å². The van der Waals surface area contributed by atoms with E-state index in [1.807, 2.05) is 0 Å². The molecule has 5 heteroatoms. The van der Waals surface area contributed by atoms with E-state index in [1.54, 1.807) is 18.2 Å². The van der Waals surface area contributed by atoms with Crippen molar-refractivity contribution < 1.29 is 4.74 Å². The fraction of sp³-hybridized carbons (Fsp3) is 0.222. The lowest BCUT2D eigenvalue weighted by Crippen LogP contribution is -2.22. The molecule has 1 aromatic carbocycles. The molecule has 0 radical (unpaired) electrons. The highest BCUT2D eigenvalue weighted by molar-refractivity contribution is 7.80. The maximum Gasteiger partial charge on any atom is 0.256 e. The van der Waals surface area contributed by atoms with Crippen LogP contribution >= 0.6 is 35.4 Å². The molecule has 14 heavy (non-hydrogen) atoms. The minimum Gasteiger partial charge on any atom is -0.474 e. The molecule has 0 unspecified atom stereocenters. The highest BCUT2D eigenvalue weighted by atomic mass is 35.5. The van der Waals surface area contributed by atoms with Gasteiger partial charge in [-0.05, 0) is 24.4 Å². The Bertz CT molecular complexity index is 323. The number of rotatable bonds is 2. The molecule has 2 nitrogen and oxygen atoms in total. The number of nitrogens with one attached hydrogen (secondary N) is 1. The van der Waals surface area contributed by atoms with Gasteiger partial charge in [-0.3, -0.25) is 0 Å². The Morgan fingerprint density at radius 1 is 1.43 bits per heavy atom. The van der Waals surface area contributed by atoms with Crippen molar-refractivity contribution in [3.8, 4) is 0 Å². The molecule has 1 rings (SSSR count). The van der Waals surface area contributed by atoms with Gasteiger partial charge in [-0.1, -0.05) is 29.3 Å². The van der Waals surface area contributed by atoms with E-state index in [1.165, 1.54) is 7.11 Å². The normalized spacial score (nSPS) is 9.64. The van der Waals surface area contributed by atoms with Gasteiger partial charge in [-0.2, -0.15) is 0 Å². The molecular formula is C9H9Cl2NOS. The van der Waals surface area contributed by atoms with Crippen molar-refractivity contribution in [3.63, 3.8) is 0 Å². The molecule has 0 saturated heterocycles. The molecule has 0 aliphatic heterocycles. The summed E-state index contributed by atoms with van der Waals surface area (Å²) in [5.41, 5.74) is 0.815. The highest BCUT2D eigenvalue weighted by Gasteiger charge is 2.05.